The van der Waals surface area contributed by atoms with Crippen molar-refractivity contribution in [3.8, 4) is 0 Å². The van der Waals surface area contributed by atoms with Crippen molar-refractivity contribution in [2.75, 3.05) is 6.73 Å². The Bertz CT molecular complexity index is 686. The van der Waals surface area contributed by atoms with Gasteiger partial charge in [0.25, 0.3) is 0 Å². The van der Waals surface area contributed by atoms with Crippen LogP contribution in [-0.4, -0.2) is 41.2 Å². The van der Waals surface area contributed by atoms with Crippen LogP contribution in [0, 0.1) is 0 Å². The van der Waals surface area contributed by atoms with Gasteiger partial charge >= 0.3 is 12.1 Å². The summed E-state index contributed by atoms with van der Waals surface area (Å²) in [5.41, 5.74) is 2.77. The number of esters is 1. The van der Waals surface area contributed by atoms with E-state index in [-0.39, 0.29) is 12.6 Å². The van der Waals surface area contributed by atoms with Crippen molar-refractivity contribution in [2.24, 2.45) is 0 Å². The second kappa shape index (κ2) is 10.8. The lowest BCUT2D eigenvalue weighted by molar-refractivity contribution is -0.139. The van der Waals surface area contributed by atoms with Gasteiger partial charge in [0, 0.05) is 6.42 Å². The van der Waals surface area contributed by atoms with E-state index in [9.17, 15) is 14.4 Å². The molecular weight excluding hydrogens is 376 g/mol. The second-order valence-electron chi connectivity index (χ2n) is 7.96. The highest BCUT2D eigenvalue weighted by Crippen LogP contribution is 2.21. The Balaban J connectivity index is 1.61. The maximum absolute atomic E-state index is 12.2. The third-order valence-corrected chi connectivity index (χ3v) is 4.27. The summed E-state index contributed by atoms with van der Waals surface area (Å²) in [6.07, 6.45) is 2.36. The largest absolute Gasteiger partial charge is 0.444 e. The maximum Gasteiger partial charge on any atom is 0.413 e. The number of hydrogen-bond acceptors (Lipinski definition) is 6. The van der Waals surface area contributed by atoms with E-state index in [4.69, 9.17) is 14.3 Å². The highest BCUT2D eigenvalue weighted by atomic mass is 16.6. The van der Waals surface area contributed by atoms with Gasteiger partial charge in [-0.15, -0.1) is 0 Å². The number of hydrogen-bond donors (Lipinski definition) is 1. The number of unbranched alkanes of at least 4 members (excludes halogenated alkanes) is 2. The van der Waals surface area contributed by atoms with Crippen LogP contribution in [0.15, 0.2) is 30.3 Å². The van der Waals surface area contributed by atoms with Gasteiger partial charge in [0.2, 0.25) is 5.91 Å². The minimum atomic E-state index is -0.636. The van der Waals surface area contributed by atoms with Crippen LogP contribution in [0.1, 0.15) is 58.4 Å². The summed E-state index contributed by atoms with van der Waals surface area (Å²) in [6, 6.07) is 8.93. The number of hydroxylamine groups is 1. The molecular formula is C21H30N2O6. The molecule has 8 heteroatoms. The van der Waals surface area contributed by atoms with Crippen molar-refractivity contribution in [3.63, 3.8) is 0 Å². The summed E-state index contributed by atoms with van der Waals surface area (Å²) in [4.78, 5) is 42.4. The van der Waals surface area contributed by atoms with Crippen LogP contribution in [0.2, 0.25) is 0 Å². The van der Waals surface area contributed by atoms with Gasteiger partial charge in [-0.2, -0.15) is 0 Å². The first-order valence-corrected chi connectivity index (χ1v) is 9.87. The lowest BCUT2D eigenvalue weighted by Crippen LogP contribution is -2.41. The minimum absolute atomic E-state index is 0.0838. The molecule has 2 amide bonds. The number of benzene rings is 1. The molecule has 0 unspecified atom stereocenters. The minimum Gasteiger partial charge on any atom is -0.444 e. The summed E-state index contributed by atoms with van der Waals surface area (Å²) in [5.74, 6) is -0.598. The molecule has 0 saturated carbocycles. The molecule has 160 valence electrons. The van der Waals surface area contributed by atoms with Gasteiger partial charge in [0.15, 0.2) is 6.73 Å². The average Bonchev–Trinajstić information content (AvgIpc) is 3.02. The smallest absolute Gasteiger partial charge is 0.413 e. The molecule has 1 saturated heterocycles. The maximum atomic E-state index is 12.2. The quantitative estimate of drug-likeness (QED) is 0.384. The molecule has 8 nitrogen and oxygen atoms in total. The number of rotatable bonds is 9. The molecule has 1 fully saturated rings. The first kappa shape index (κ1) is 22.7. The number of nitrogens with one attached hydrogen (secondary N) is 1. The van der Waals surface area contributed by atoms with Gasteiger partial charge in [0.05, 0.1) is 6.61 Å². The third kappa shape index (κ3) is 8.11. The molecule has 0 aliphatic carbocycles. The van der Waals surface area contributed by atoms with Gasteiger partial charge in [-0.3, -0.25) is 14.5 Å². The normalized spacial score (nSPS) is 16.4. The van der Waals surface area contributed by atoms with Crippen LogP contribution >= 0.6 is 0 Å². The molecule has 0 aromatic heterocycles. The fourth-order valence-corrected chi connectivity index (χ4v) is 2.85. The van der Waals surface area contributed by atoms with Gasteiger partial charge in [0.1, 0.15) is 11.6 Å². The number of cyclic esters (lactones) is 1. The summed E-state index contributed by atoms with van der Waals surface area (Å²) < 4.78 is 10.3. The summed E-state index contributed by atoms with van der Waals surface area (Å²) in [5, 5.41) is 0. The average molecular weight is 406 g/mol. The van der Waals surface area contributed by atoms with Crippen LogP contribution in [0.5, 0.6) is 0 Å². The number of nitrogens with zero attached hydrogens (tertiary/aromatic N) is 1. The molecule has 1 aliphatic rings. The highest BCUT2D eigenvalue weighted by Gasteiger charge is 2.39. The van der Waals surface area contributed by atoms with E-state index in [0.717, 1.165) is 12.0 Å². The van der Waals surface area contributed by atoms with Gasteiger partial charge in [-0.1, -0.05) is 43.2 Å². The first-order chi connectivity index (χ1) is 13.8. The van der Waals surface area contributed by atoms with Gasteiger partial charge in [-0.25, -0.2) is 15.1 Å². The van der Waals surface area contributed by atoms with Crippen LogP contribution in [0.4, 0.5) is 4.79 Å². The Morgan fingerprint density at radius 1 is 1.17 bits per heavy atom. The predicted octanol–water partition coefficient (Wildman–Crippen LogP) is 3.30. The van der Waals surface area contributed by atoms with Crippen molar-refractivity contribution in [3.05, 3.63) is 35.9 Å². The lowest BCUT2D eigenvalue weighted by Gasteiger charge is -2.25. The number of ether oxygens (including phenoxy) is 2. The van der Waals surface area contributed by atoms with Crippen LogP contribution in [0.25, 0.3) is 0 Å². The molecule has 1 aromatic carbocycles. The van der Waals surface area contributed by atoms with Crippen molar-refractivity contribution >= 4 is 18.0 Å². The van der Waals surface area contributed by atoms with Crippen LogP contribution in [0.3, 0.4) is 0 Å². The fraction of sp³-hybridized carbons (Fsp3) is 0.571. The number of amides is 2. The van der Waals surface area contributed by atoms with Crippen molar-refractivity contribution in [2.45, 2.75) is 71.1 Å². The summed E-state index contributed by atoms with van der Waals surface area (Å²) in [7, 11) is 0. The van der Waals surface area contributed by atoms with E-state index < -0.39 is 23.7 Å². The molecule has 1 aromatic rings. The van der Waals surface area contributed by atoms with Gasteiger partial charge in [-0.05, 0) is 39.2 Å². The Morgan fingerprint density at radius 2 is 1.90 bits per heavy atom. The van der Waals surface area contributed by atoms with E-state index >= 15 is 0 Å². The predicted molar refractivity (Wildman–Crippen MR) is 105 cm³/mol. The van der Waals surface area contributed by atoms with Crippen molar-refractivity contribution < 1.29 is 28.7 Å². The Kier molecular flexibility index (Phi) is 8.45. The molecule has 2 rings (SSSR count). The van der Waals surface area contributed by atoms with Crippen LogP contribution < -0.4 is 5.48 Å². The lowest BCUT2D eigenvalue weighted by atomic mass is 10.1. The molecule has 1 heterocycles. The standard InChI is InChI=1S/C21H30N2O6/c1-21(2,3)29-20(26)23-15-27-19(25)17(23)12-8-5-9-13-18(24)22-28-14-16-10-6-4-7-11-16/h4,6-7,10-11,17H,5,8-9,12-15H2,1-3H3,(H,22,24)/t17-/m0/s1. The SMILES string of the molecule is CC(C)(C)OC(=O)N1COC(=O)[C@@H]1CCCCCC(=O)NOCc1ccccc1. The summed E-state index contributed by atoms with van der Waals surface area (Å²) >= 11 is 0. The number of carbonyl (C=O) groups is 3. The van der Waals surface area contributed by atoms with Crippen LogP contribution in [-0.2, 0) is 30.5 Å². The Morgan fingerprint density at radius 3 is 2.59 bits per heavy atom. The second-order valence-corrected chi connectivity index (χ2v) is 7.96. The Labute approximate surface area is 171 Å². The molecule has 0 bridgehead atoms. The third-order valence-electron chi connectivity index (χ3n) is 4.27. The summed E-state index contributed by atoms with van der Waals surface area (Å²) in [6.45, 7) is 5.55. The molecule has 0 spiro atoms. The van der Waals surface area contributed by atoms with E-state index in [1.165, 1.54) is 4.90 Å². The van der Waals surface area contributed by atoms with E-state index in [0.29, 0.717) is 32.3 Å². The van der Waals surface area contributed by atoms with E-state index in [2.05, 4.69) is 5.48 Å². The topological polar surface area (TPSA) is 94.2 Å². The van der Waals surface area contributed by atoms with Crippen molar-refractivity contribution in [1.29, 1.82) is 0 Å². The molecule has 1 N–H and O–H groups in total. The Hall–Kier alpha value is -2.61. The fourth-order valence-electron chi connectivity index (χ4n) is 2.85. The zero-order chi connectivity index (χ0) is 21.3. The molecule has 29 heavy (non-hydrogen) atoms. The monoisotopic (exact) mass is 406 g/mol. The number of carbonyl (C=O) groups excluding carboxylic acids is 3. The first-order valence-electron chi connectivity index (χ1n) is 9.87. The zero-order valence-corrected chi connectivity index (χ0v) is 17.3. The van der Waals surface area contributed by atoms with E-state index in [1.807, 2.05) is 30.3 Å². The highest BCUT2D eigenvalue weighted by molar-refractivity contribution is 5.83. The zero-order valence-electron chi connectivity index (χ0n) is 17.3. The van der Waals surface area contributed by atoms with Gasteiger partial charge < -0.3 is 9.47 Å². The van der Waals surface area contributed by atoms with E-state index in [1.54, 1.807) is 20.8 Å². The molecule has 1 atom stereocenters. The molecule has 0 radical (unpaired) electrons. The van der Waals surface area contributed by atoms with Crippen molar-refractivity contribution in [1.82, 2.24) is 10.4 Å². The molecule has 1 aliphatic heterocycles.